The summed E-state index contributed by atoms with van der Waals surface area (Å²) in [5.41, 5.74) is 3.24. The van der Waals surface area contributed by atoms with Gasteiger partial charge in [0, 0.05) is 19.6 Å². The maximum absolute atomic E-state index is 5.58. The van der Waals surface area contributed by atoms with Crippen molar-refractivity contribution in [2.45, 2.75) is 52.9 Å². The molecule has 4 heteroatoms. The Bertz CT molecular complexity index is 246. The highest BCUT2D eigenvalue weighted by Crippen LogP contribution is 2.36. The van der Waals surface area contributed by atoms with E-state index in [2.05, 4.69) is 36.1 Å². The number of aliphatic imine (C=N–C) groups is 1. The fraction of sp³-hybridized carbons (Fsp3) is 0.923. The topological polar surface area (TPSA) is 53.6 Å². The second kappa shape index (κ2) is 6.84. The molecule has 0 radical (unpaired) electrons. The molecule has 0 bridgehead atoms. The first-order valence-electron chi connectivity index (χ1n) is 6.97. The second-order valence-electron chi connectivity index (χ2n) is 5.08. The number of unbranched alkanes of at least 4 members (excludes halogenated alkanes) is 1. The van der Waals surface area contributed by atoms with Crippen LogP contribution in [0.2, 0.25) is 0 Å². The summed E-state index contributed by atoms with van der Waals surface area (Å²) in [7, 11) is 0. The van der Waals surface area contributed by atoms with Gasteiger partial charge >= 0.3 is 0 Å². The van der Waals surface area contributed by atoms with Crippen LogP contribution in [-0.2, 0) is 0 Å². The number of likely N-dealkylation sites (tertiary alicyclic amines) is 1. The van der Waals surface area contributed by atoms with Crippen molar-refractivity contribution in [2.24, 2.45) is 16.3 Å². The molecule has 4 nitrogen and oxygen atoms in total. The van der Waals surface area contributed by atoms with E-state index in [1.807, 2.05) is 0 Å². The summed E-state index contributed by atoms with van der Waals surface area (Å²) in [4.78, 5) is 6.86. The van der Waals surface area contributed by atoms with E-state index in [9.17, 15) is 0 Å². The van der Waals surface area contributed by atoms with Crippen molar-refractivity contribution < 1.29 is 0 Å². The molecular formula is C13H28N4. The van der Waals surface area contributed by atoms with Gasteiger partial charge in [0.05, 0.1) is 0 Å². The second-order valence-corrected chi connectivity index (χ2v) is 5.08. The predicted molar refractivity (Wildman–Crippen MR) is 73.7 cm³/mol. The SMILES string of the molecule is CCCCN=C(NN)N1CCC(CC)(CC)C1. The van der Waals surface area contributed by atoms with Crippen LogP contribution in [0.4, 0.5) is 0 Å². The first kappa shape index (κ1) is 14.3. The molecule has 100 valence electrons. The minimum absolute atomic E-state index is 0.475. The van der Waals surface area contributed by atoms with Crippen LogP contribution in [0.3, 0.4) is 0 Å². The number of rotatable bonds is 5. The number of hydrazine groups is 1. The molecule has 0 aliphatic carbocycles. The lowest BCUT2D eigenvalue weighted by Gasteiger charge is -2.27. The van der Waals surface area contributed by atoms with Crippen LogP contribution in [0.25, 0.3) is 0 Å². The van der Waals surface area contributed by atoms with Gasteiger partial charge in [-0.3, -0.25) is 10.4 Å². The third-order valence-corrected chi connectivity index (χ3v) is 4.14. The average molecular weight is 240 g/mol. The first-order chi connectivity index (χ1) is 8.21. The van der Waals surface area contributed by atoms with Gasteiger partial charge in [-0.05, 0) is 31.1 Å². The lowest BCUT2D eigenvalue weighted by Crippen LogP contribution is -2.44. The van der Waals surface area contributed by atoms with Gasteiger partial charge in [-0.2, -0.15) is 0 Å². The highest BCUT2D eigenvalue weighted by molar-refractivity contribution is 5.79. The quantitative estimate of drug-likeness (QED) is 0.254. The number of guanidine groups is 1. The lowest BCUT2D eigenvalue weighted by atomic mass is 9.82. The largest absolute Gasteiger partial charge is 0.341 e. The maximum Gasteiger partial charge on any atom is 0.208 e. The minimum atomic E-state index is 0.475. The lowest BCUT2D eigenvalue weighted by molar-refractivity contribution is 0.276. The molecule has 1 heterocycles. The highest BCUT2D eigenvalue weighted by atomic mass is 15.4. The molecule has 1 aliphatic heterocycles. The molecule has 0 spiro atoms. The number of nitrogens with one attached hydrogen (secondary N) is 1. The molecule has 1 rings (SSSR count). The van der Waals surface area contributed by atoms with E-state index in [0.29, 0.717) is 5.41 Å². The van der Waals surface area contributed by atoms with E-state index in [0.717, 1.165) is 32.0 Å². The molecule has 0 aromatic rings. The molecule has 0 amide bonds. The Morgan fingerprint density at radius 2 is 2.06 bits per heavy atom. The van der Waals surface area contributed by atoms with Gasteiger partial charge in [0.1, 0.15) is 0 Å². The number of nitrogens with zero attached hydrogens (tertiary/aromatic N) is 2. The Hall–Kier alpha value is -0.770. The maximum atomic E-state index is 5.58. The summed E-state index contributed by atoms with van der Waals surface area (Å²) >= 11 is 0. The Kier molecular flexibility index (Phi) is 5.75. The van der Waals surface area contributed by atoms with Gasteiger partial charge in [0.2, 0.25) is 5.96 Å². The standard InChI is InChI=1S/C13H28N4/c1-4-7-9-15-12(16-14)17-10-8-13(5-2,6-3)11-17/h4-11,14H2,1-3H3,(H,15,16). The van der Waals surface area contributed by atoms with Gasteiger partial charge in [-0.1, -0.05) is 27.2 Å². The van der Waals surface area contributed by atoms with Crippen molar-refractivity contribution in [3.63, 3.8) is 0 Å². The summed E-state index contributed by atoms with van der Waals surface area (Å²) in [6.07, 6.45) is 6.05. The monoisotopic (exact) mass is 240 g/mol. The number of hydrogen-bond donors (Lipinski definition) is 2. The Morgan fingerprint density at radius 3 is 2.53 bits per heavy atom. The van der Waals surface area contributed by atoms with Gasteiger partial charge in [-0.25, -0.2) is 5.84 Å². The number of hydrogen-bond acceptors (Lipinski definition) is 2. The van der Waals surface area contributed by atoms with E-state index in [-0.39, 0.29) is 0 Å². The predicted octanol–water partition coefficient (Wildman–Crippen LogP) is 2.12. The summed E-state index contributed by atoms with van der Waals surface area (Å²) in [6, 6.07) is 0. The Morgan fingerprint density at radius 1 is 1.35 bits per heavy atom. The van der Waals surface area contributed by atoms with Crippen LogP contribution in [0.5, 0.6) is 0 Å². The number of nitrogens with two attached hydrogens (primary N) is 1. The molecule has 3 N–H and O–H groups in total. The zero-order valence-electron chi connectivity index (χ0n) is 11.6. The fourth-order valence-corrected chi connectivity index (χ4v) is 2.52. The van der Waals surface area contributed by atoms with Crippen LogP contribution < -0.4 is 11.3 Å². The molecule has 0 saturated carbocycles. The van der Waals surface area contributed by atoms with Gasteiger partial charge in [-0.15, -0.1) is 0 Å². The van der Waals surface area contributed by atoms with E-state index in [4.69, 9.17) is 5.84 Å². The smallest absolute Gasteiger partial charge is 0.208 e. The molecular weight excluding hydrogens is 212 g/mol. The molecule has 1 saturated heterocycles. The first-order valence-corrected chi connectivity index (χ1v) is 6.97. The third kappa shape index (κ3) is 3.60. The van der Waals surface area contributed by atoms with Crippen LogP contribution in [-0.4, -0.2) is 30.5 Å². The van der Waals surface area contributed by atoms with Crippen molar-refractivity contribution in [1.82, 2.24) is 10.3 Å². The van der Waals surface area contributed by atoms with Crippen molar-refractivity contribution in [3.05, 3.63) is 0 Å². The minimum Gasteiger partial charge on any atom is -0.341 e. The van der Waals surface area contributed by atoms with E-state index >= 15 is 0 Å². The van der Waals surface area contributed by atoms with Gasteiger partial charge < -0.3 is 4.90 Å². The van der Waals surface area contributed by atoms with Crippen molar-refractivity contribution in [1.29, 1.82) is 0 Å². The summed E-state index contributed by atoms with van der Waals surface area (Å²) in [5.74, 6) is 6.46. The molecule has 17 heavy (non-hydrogen) atoms. The highest BCUT2D eigenvalue weighted by Gasteiger charge is 2.36. The molecule has 0 atom stereocenters. The van der Waals surface area contributed by atoms with Gasteiger partial charge in [0.15, 0.2) is 0 Å². The van der Waals surface area contributed by atoms with Crippen LogP contribution >= 0.6 is 0 Å². The molecule has 1 aliphatic rings. The van der Waals surface area contributed by atoms with Crippen molar-refractivity contribution in [3.8, 4) is 0 Å². The van der Waals surface area contributed by atoms with Gasteiger partial charge in [0.25, 0.3) is 0 Å². The Balaban J connectivity index is 2.58. The Labute approximate surface area is 106 Å². The van der Waals surface area contributed by atoms with E-state index in [1.165, 1.54) is 25.7 Å². The third-order valence-electron chi connectivity index (χ3n) is 4.14. The zero-order valence-corrected chi connectivity index (χ0v) is 11.6. The average Bonchev–Trinajstić information content (AvgIpc) is 2.80. The summed E-state index contributed by atoms with van der Waals surface area (Å²) in [6.45, 7) is 9.80. The fourth-order valence-electron chi connectivity index (χ4n) is 2.52. The van der Waals surface area contributed by atoms with Crippen molar-refractivity contribution in [2.75, 3.05) is 19.6 Å². The molecule has 0 aromatic heterocycles. The van der Waals surface area contributed by atoms with E-state index in [1.54, 1.807) is 0 Å². The van der Waals surface area contributed by atoms with Crippen LogP contribution in [0.1, 0.15) is 52.9 Å². The molecule has 0 unspecified atom stereocenters. The van der Waals surface area contributed by atoms with Crippen molar-refractivity contribution >= 4 is 5.96 Å². The van der Waals surface area contributed by atoms with Crippen LogP contribution in [0.15, 0.2) is 4.99 Å². The summed E-state index contributed by atoms with van der Waals surface area (Å²) < 4.78 is 0. The molecule has 0 aromatic carbocycles. The molecule has 1 fully saturated rings. The van der Waals surface area contributed by atoms with E-state index < -0.39 is 0 Å². The zero-order chi connectivity index (χ0) is 12.7. The normalized spacial score (nSPS) is 19.8. The summed E-state index contributed by atoms with van der Waals surface area (Å²) in [5, 5.41) is 0. The van der Waals surface area contributed by atoms with Crippen LogP contribution in [0, 0.1) is 5.41 Å².